The van der Waals surface area contributed by atoms with Crippen molar-refractivity contribution in [2.75, 3.05) is 0 Å². The lowest BCUT2D eigenvalue weighted by molar-refractivity contribution is 0.410. The highest BCUT2D eigenvalue weighted by atomic mass is 16.3. The zero-order chi connectivity index (χ0) is 10.7. The Hall–Kier alpha value is -1.78. The van der Waals surface area contributed by atoms with Crippen LogP contribution >= 0.6 is 0 Å². The van der Waals surface area contributed by atoms with Crippen molar-refractivity contribution in [3.05, 3.63) is 38.6 Å². The third kappa shape index (κ3) is 2.35. The third-order valence-corrected chi connectivity index (χ3v) is 1.69. The number of hydrogen-bond donors (Lipinski definition) is 2. The van der Waals surface area contributed by atoms with E-state index in [0.717, 1.165) is 16.2 Å². The largest absolute Gasteiger partial charge is 0.494 e. The summed E-state index contributed by atoms with van der Waals surface area (Å²) in [5.41, 5.74) is -0.170. The summed E-state index contributed by atoms with van der Waals surface area (Å²) in [7, 11) is 0. The van der Waals surface area contributed by atoms with Gasteiger partial charge in [0.05, 0.1) is 6.07 Å². The van der Waals surface area contributed by atoms with Crippen molar-refractivity contribution >= 4 is 0 Å². The summed E-state index contributed by atoms with van der Waals surface area (Å²) in [4.78, 5) is 24.0. The van der Waals surface area contributed by atoms with Crippen LogP contribution in [0.4, 0.5) is 0 Å². The second-order valence-corrected chi connectivity index (χ2v) is 3.19. The Bertz CT molecular complexity index is 464. The van der Waals surface area contributed by atoms with Crippen LogP contribution in [-0.4, -0.2) is 14.7 Å². The quantitative estimate of drug-likeness (QED) is 0.664. The molecule has 0 aliphatic carbocycles. The van der Waals surface area contributed by atoms with Crippen LogP contribution in [0.3, 0.4) is 0 Å². The molecule has 0 aliphatic rings. The molecule has 0 aliphatic heterocycles. The number of rotatable bonds is 2. The molecule has 1 rings (SSSR count). The van der Waals surface area contributed by atoms with Crippen molar-refractivity contribution < 1.29 is 5.11 Å². The van der Waals surface area contributed by atoms with Crippen molar-refractivity contribution in [1.82, 2.24) is 9.55 Å². The van der Waals surface area contributed by atoms with Crippen LogP contribution in [0, 0.1) is 0 Å². The number of aromatic nitrogens is 2. The molecule has 1 aromatic rings. The number of allylic oxidation sites excluding steroid dienone is 2. The summed E-state index contributed by atoms with van der Waals surface area (Å²) in [5, 5.41) is 9.30. The fourth-order valence-corrected chi connectivity index (χ4v) is 0.958. The van der Waals surface area contributed by atoms with E-state index in [1.807, 2.05) is 13.8 Å². The Kier molecular flexibility index (Phi) is 2.91. The van der Waals surface area contributed by atoms with Crippen LogP contribution in [-0.2, 0) is 6.54 Å². The minimum absolute atomic E-state index is 0.254. The van der Waals surface area contributed by atoms with Crippen LogP contribution in [0.5, 0.6) is 5.88 Å². The fourth-order valence-electron chi connectivity index (χ4n) is 0.958. The molecule has 0 spiro atoms. The molecular weight excluding hydrogens is 184 g/mol. The highest BCUT2D eigenvalue weighted by Crippen LogP contribution is 2.01. The van der Waals surface area contributed by atoms with Gasteiger partial charge >= 0.3 is 5.69 Å². The average molecular weight is 196 g/mol. The summed E-state index contributed by atoms with van der Waals surface area (Å²) in [6.45, 7) is 4.02. The zero-order valence-corrected chi connectivity index (χ0v) is 8.07. The van der Waals surface area contributed by atoms with Crippen LogP contribution in [0.25, 0.3) is 0 Å². The van der Waals surface area contributed by atoms with Crippen molar-refractivity contribution in [3.63, 3.8) is 0 Å². The SMILES string of the molecule is CC(C)=CCn1c(O)cc(=O)[nH]c1=O. The first-order valence-corrected chi connectivity index (χ1v) is 4.17. The second-order valence-electron chi connectivity index (χ2n) is 3.19. The smallest absolute Gasteiger partial charge is 0.331 e. The molecule has 14 heavy (non-hydrogen) atoms. The first-order valence-electron chi connectivity index (χ1n) is 4.17. The van der Waals surface area contributed by atoms with Crippen LogP contribution in [0.2, 0.25) is 0 Å². The van der Waals surface area contributed by atoms with Gasteiger partial charge in [0.2, 0.25) is 5.88 Å². The Morgan fingerprint density at radius 3 is 2.71 bits per heavy atom. The minimum Gasteiger partial charge on any atom is -0.494 e. The number of aromatic amines is 1. The molecule has 5 nitrogen and oxygen atoms in total. The Balaban J connectivity index is 3.16. The molecule has 0 aromatic carbocycles. The standard InChI is InChI=1S/C9H12N2O3/c1-6(2)3-4-11-8(13)5-7(12)10-9(11)14/h3,5,13H,4H2,1-2H3,(H,10,12,14). The van der Waals surface area contributed by atoms with E-state index in [1.165, 1.54) is 0 Å². The van der Waals surface area contributed by atoms with Crippen molar-refractivity contribution in [2.24, 2.45) is 0 Å². The summed E-state index contributed by atoms with van der Waals surface area (Å²) < 4.78 is 1.08. The van der Waals surface area contributed by atoms with E-state index >= 15 is 0 Å². The lowest BCUT2D eigenvalue weighted by atomic mass is 10.3. The molecule has 0 unspecified atom stereocenters. The topological polar surface area (TPSA) is 75.1 Å². The average Bonchev–Trinajstić information content (AvgIpc) is 2.01. The number of hydrogen-bond acceptors (Lipinski definition) is 3. The molecule has 0 radical (unpaired) electrons. The van der Waals surface area contributed by atoms with Gasteiger partial charge < -0.3 is 5.11 Å². The van der Waals surface area contributed by atoms with Gasteiger partial charge in [-0.25, -0.2) is 4.79 Å². The predicted octanol–water partition coefficient (Wildman–Crippen LogP) is 0.208. The van der Waals surface area contributed by atoms with Gasteiger partial charge in [-0.1, -0.05) is 11.6 Å². The summed E-state index contributed by atoms with van der Waals surface area (Å²) in [6, 6.07) is 0.972. The number of nitrogens with one attached hydrogen (secondary N) is 1. The molecule has 1 heterocycles. The van der Waals surface area contributed by atoms with E-state index in [1.54, 1.807) is 6.08 Å². The first kappa shape index (κ1) is 10.3. The Morgan fingerprint density at radius 2 is 2.21 bits per heavy atom. The summed E-state index contributed by atoms with van der Waals surface area (Å²) >= 11 is 0. The molecule has 2 N–H and O–H groups in total. The molecule has 0 amide bonds. The van der Waals surface area contributed by atoms with Gasteiger partial charge in [-0.05, 0) is 13.8 Å². The van der Waals surface area contributed by atoms with Crippen LogP contribution < -0.4 is 11.2 Å². The highest BCUT2D eigenvalue weighted by Gasteiger charge is 2.01. The molecule has 0 fully saturated rings. The highest BCUT2D eigenvalue weighted by molar-refractivity contribution is 5.07. The predicted molar refractivity (Wildman–Crippen MR) is 52.4 cm³/mol. The maximum atomic E-state index is 11.2. The molecule has 0 atom stereocenters. The van der Waals surface area contributed by atoms with Crippen molar-refractivity contribution in [3.8, 4) is 5.88 Å². The van der Waals surface area contributed by atoms with E-state index in [9.17, 15) is 14.7 Å². The number of H-pyrrole nitrogens is 1. The molecule has 0 saturated carbocycles. The fraction of sp³-hybridized carbons (Fsp3) is 0.333. The van der Waals surface area contributed by atoms with Gasteiger partial charge in [-0.3, -0.25) is 14.3 Å². The van der Waals surface area contributed by atoms with Gasteiger partial charge in [0.15, 0.2) is 0 Å². The molecule has 5 heteroatoms. The Morgan fingerprint density at radius 1 is 1.57 bits per heavy atom. The monoisotopic (exact) mass is 196 g/mol. The van der Waals surface area contributed by atoms with E-state index in [-0.39, 0.29) is 12.4 Å². The van der Waals surface area contributed by atoms with E-state index in [2.05, 4.69) is 4.98 Å². The lowest BCUT2D eigenvalue weighted by Crippen LogP contribution is -2.28. The van der Waals surface area contributed by atoms with Crippen LogP contribution in [0.15, 0.2) is 27.3 Å². The molecule has 0 saturated heterocycles. The minimum atomic E-state index is -0.604. The van der Waals surface area contributed by atoms with Gasteiger partial charge in [-0.15, -0.1) is 0 Å². The summed E-state index contributed by atoms with van der Waals surface area (Å²) in [6.07, 6.45) is 1.78. The molecular formula is C9H12N2O3. The van der Waals surface area contributed by atoms with Gasteiger partial charge in [0.1, 0.15) is 0 Å². The maximum Gasteiger partial charge on any atom is 0.331 e. The van der Waals surface area contributed by atoms with Gasteiger partial charge in [-0.2, -0.15) is 0 Å². The summed E-state index contributed by atoms with van der Waals surface area (Å²) in [5.74, 6) is -0.323. The van der Waals surface area contributed by atoms with Gasteiger partial charge in [0, 0.05) is 6.54 Å². The zero-order valence-electron chi connectivity index (χ0n) is 8.07. The van der Waals surface area contributed by atoms with E-state index in [4.69, 9.17) is 0 Å². The van der Waals surface area contributed by atoms with Crippen molar-refractivity contribution in [1.29, 1.82) is 0 Å². The molecule has 1 aromatic heterocycles. The number of aromatic hydroxyl groups is 1. The molecule has 0 bridgehead atoms. The van der Waals surface area contributed by atoms with Crippen LogP contribution in [0.1, 0.15) is 13.8 Å². The van der Waals surface area contributed by atoms with Gasteiger partial charge in [0.25, 0.3) is 5.56 Å². The lowest BCUT2D eigenvalue weighted by Gasteiger charge is -2.03. The maximum absolute atomic E-state index is 11.2. The van der Waals surface area contributed by atoms with E-state index < -0.39 is 11.2 Å². The second kappa shape index (κ2) is 3.95. The number of nitrogens with zero attached hydrogens (tertiary/aromatic N) is 1. The van der Waals surface area contributed by atoms with E-state index in [0.29, 0.717) is 0 Å². The Labute approximate surface area is 80.3 Å². The van der Waals surface area contributed by atoms with Crippen molar-refractivity contribution in [2.45, 2.75) is 20.4 Å². The normalized spacial score (nSPS) is 9.86. The third-order valence-electron chi connectivity index (χ3n) is 1.69. The first-order chi connectivity index (χ1) is 6.50. The molecule has 76 valence electrons.